The van der Waals surface area contributed by atoms with Gasteiger partial charge >= 0.3 is 5.97 Å². The van der Waals surface area contributed by atoms with Gasteiger partial charge in [0.1, 0.15) is 0 Å². The fraction of sp³-hybridized carbons (Fsp3) is 0.462. The zero-order valence-electron chi connectivity index (χ0n) is 9.93. The Kier molecular flexibility index (Phi) is 3.64. The van der Waals surface area contributed by atoms with Crippen molar-refractivity contribution in [3.8, 4) is 0 Å². The molecule has 1 atom stereocenters. The summed E-state index contributed by atoms with van der Waals surface area (Å²) in [5, 5.41) is 9.26. The molecule has 1 unspecified atom stereocenters. The second kappa shape index (κ2) is 5.19. The molecule has 4 nitrogen and oxygen atoms in total. The molecule has 4 heteroatoms. The summed E-state index contributed by atoms with van der Waals surface area (Å²) in [6, 6.07) is 7.53. The summed E-state index contributed by atoms with van der Waals surface area (Å²) in [5.74, 6) is -0.323. The second-order valence-corrected chi connectivity index (χ2v) is 4.21. The van der Waals surface area contributed by atoms with E-state index in [-0.39, 0.29) is 18.6 Å². The lowest BCUT2D eigenvalue weighted by atomic mass is 10.2. The summed E-state index contributed by atoms with van der Waals surface area (Å²) in [7, 11) is 1.37. The van der Waals surface area contributed by atoms with Crippen molar-refractivity contribution in [2.75, 3.05) is 25.2 Å². The molecule has 1 fully saturated rings. The largest absolute Gasteiger partial charge is 0.465 e. The molecule has 1 aromatic rings. The molecular formula is C13H17NO3. The highest BCUT2D eigenvalue weighted by Gasteiger charge is 2.23. The molecule has 2 rings (SSSR count). The van der Waals surface area contributed by atoms with Crippen molar-refractivity contribution < 1.29 is 14.6 Å². The molecule has 0 spiro atoms. The monoisotopic (exact) mass is 235 g/mol. The highest BCUT2D eigenvalue weighted by Crippen LogP contribution is 2.25. The lowest BCUT2D eigenvalue weighted by Gasteiger charge is -2.25. The molecule has 92 valence electrons. The lowest BCUT2D eigenvalue weighted by molar-refractivity contribution is 0.0601. The number of anilines is 1. The van der Waals surface area contributed by atoms with Gasteiger partial charge in [0.25, 0.3) is 0 Å². The summed E-state index contributed by atoms with van der Waals surface area (Å²) in [6.07, 6.45) is 2.12. The van der Waals surface area contributed by atoms with Crippen LogP contribution in [0.5, 0.6) is 0 Å². The van der Waals surface area contributed by atoms with Gasteiger partial charge in [-0.15, -0.1) is 0 Å². The third kappa shape index (κ3) is 2.42. The van der Waals surface area contributed by atoms with Gasteiger partial charge in [-0.05, 0) is 37.1 Å². The van der Waals surface area contributed by atoms with E-state index in [0.29, 0.717) is 5.56 Å². The Morgan fingerprint density at radius 1 is 1.47 bits per heavy atom. The van der Waals surface area contributed by atoms with Crippen LogP contribution >= 0.6 is 0 Å². The minimum absolute atomic E-state index is 0.179. The van der Waals surface area contributed by atoms with Crippen LogP contribution < -0.4 is 4.90 Å². The first-order valence-electron chi connectivity index (χ1n) is 5.82. The number of aliphatic hydroxyl groups excluding tert-OH is 1. The van der Waals surface area contributed by atoms with E-state index in [1.165, 1.54) is 7.11 Å². The van der Waals surface area contributed by atoms with Crippen LogP contribution in [0, 0.1) is 0 Å². The highest BCUT2D eigenvalue weighted by atomic mass is 16.5. The van der Waals surface area contributed by atoms with Crippen molar-refractivity contribution in [3.63, 3.8) is 0 Å². The Morgan fingerprint density at radius 3 is 2.76 bits per heavy atom. The zero-order chi connectivity index (χ0) is 12.3. The average Bonchev–Trinajstić information content (AvgIpc) is 2.86. The van der Waals surface area contributed by atoms with Crippen LogP contribution in [-0.2, 0) is 4.74 Å². The van der Waals surface area contributed by atoms with Gasteiger partial charge in [-0.2, -0.15) is 0 Å². The number of rotatable bonds is 3. The second-order valence-electron chi connectivity index (χ2n) is 4.21. The maximum atomic E-state index is 11.3. The van der Waals surface area contributed by atoms with Crippen LogP contribution in [0.2, 0.25) is 0 Å². The Labute approximate surface area is 101 Å². The summed E-state index contributed by atoms with van der Waals surface area (Å²) in [4.78, 5) is 13.5. The summed E-state index contributed by atoms with van der Waals surface area (Å²) >= 11 is 0. The van der Waals surface area contributed by atoms with Crippen LogP contribution in [-0.4, -0.2) is 37.4 Å². The normalized spacial score (nSPS) is 19.4. The van der Waals surface area contributed by atoms with Crippen LogP contribution in [0.4, 0.5) is 5.69 Å². The average molecular weight is 235 g/mol. The van der Waals surface area contributed by atoms with E-state index in [2.05, 4.69) is 9.64 Å². The zero-order valence-corrected chi connectivity index (χ0v) is 9.93. The minimum atomic E-state index is -0.323. The number of ether oxygens (including phenoxy) is 1. The summed E-state index contributed by atoms with van der Waals surface area (Å²) in [6.45, 7) is 1.14. The number of benzene rings is 1. The Balaban J connectivity index is 2.15. The number of carbonyl (C=O) groups is 1. The van der Waals surface area contributed by atoms with E-state index in [1.54, 1.807) is 12.1 Å². The van der Waals surface area contributed by atoms with E-state index in [9.17, 15) is 9.90 Å². The molecule has 1 saturated heterocycles. The quantitative estimate of drug-likeness (QED) is 0.805. The number of carbonyl (C=O) groups excluding carboxylic acids is 1. The predicted octanol–water partition coefficient (Wildman–Crippen LogP) is 1.43. The lowest BCUT2D eigenvalue weighted by Crippen LogP contribution is -2.31. The molecule has 1 aliphatic heterocycles. The molecule has 0 saturated carbocycles. The maximum absolute atomic E-state index is 11.3. The molecule has 1 aromatic carbocycles. The predicted molar refractivity (Wildman–Crippen MR) is 65.2 cm³/mol. The minimum Gasteiger partial charge on any atom is -0.465 e. The SMILES string of the molecule is COC(=O)c1ccc(N2CCCC2CO)cc1. The molecule has 1 N–H and O–H groups in total. The fourth-order valence-corrected chi connectivity index (χ4v) is 2.27. The van der Waals surface area contributed by atoms with Crippen LogP contribution in [0.3, 0.4) is 0 Å². The molecule has 0 aromatic heterocycles. The first-order chi connectivity index (χ1) is 8.26. The van der Waals surface area contributed by atoms with Gasteiger partial charge in [0.2, 0.25) is 0 Å². The Bertz CT molecular complexity index is 388. The van der Waals surface area contributed by atoms with Gasteiger partial charge in [-0.25, -0.2) is 4.79 Å². The van der Waals surface area contributed by atoms with Crippen LogP contribution in [0.15, 0.2) is 24.3 Å². The number of nitrogens with zero attached hydrogens (tertiary/aromatic N) is 1. The number of esters is 1. The number of methoxy groups -OCH3 is 1. The van der Waals surface area contributed by atoms with Gasteiger partial charge in [0, 0.05) is 12.2 Å². The van der Waals surface area contributed by atoms with Crippen LogP contribution in [0.25, 0.3) is 0 Å². The summed E-state index contributed by atoms with van der Waals surface area (Å²) < 4.78 is 4.65. The van der Waals surface area contributed by atoms with Crippen molar-refractivity contribution in [2.24, 2.45) is 0 Å². The van der Waals surface area contributed by atoms with Gasteiger partial charge < -0.3 is 14.7 Å². The third-order valence-corrected chi connectivity index (χ3v) is 3.21. The van der Waals surface area contributed by atoms with Gasteiger partial charge in [-0.3, -0.25) is 0 Å². The Hall–Kier alpha value is -1.55. The van der Waals surface area contributed by atoms with Crippen molar-refractivity contribution >= 4 is 11.7 Å². The molecule has 17 heavy (non-hydrogen) atoms. The van der Waals surface area contributed by atoms with E-state index < -0.39 is 0 Å². The molecule has 0 amide bonds. The van der Waals surface area contributed by atoms with Gasteiger partial charge in [-0.1, -0.05) is 0 Å². The summed E-state index contributed by atoms with van der Waals surface area (Å²) in [5.41, 5.74) is 1.60. The van der Waals surface area contributed by atoms with Crippen molar-refractivity contribution in [1.29, 1.82) is 0 Å². The smallest absolute Gasteiger partial charge is 0.337 e. The fourth-order valence-electron chi connectivity index (χ4n) is 2.27. The molecule has 1 heterocycles. The van der Waals surface area contributed by atoms with Crippen LogP contribution in [0.1, 0.15) is 23.2 Å². The number of aliphatic hydroxyl groups is 1. The van der Waals surface area contributed by atoms with Crippen molar-refractivity contribution in [1.82, 2.24) is 0 Å². The first kappa shape index (κ1) is 11.9. The third-order valence-electron chi connectivity index (χ3n) is 3.21. The molecule has 0 bridgehead atoms. The first-order valence-corrected chi connectivity index (χ1v) is 5.82. The molecule has 0 radical (unpaired) electrons. The van der Waals surface area contributed by atoms with Gasteiger partial charge in [0.05, 0.1) is 25.3 Å². The Morgan fingerprint density at radius 2 is 2.18 bits per heavy atom. The standard InChI is InChI=1S/C13H17NO3/c1-17-13(16)10-4-6-11(7-5-10)14-8-2-3-12(14)9-15/h4-7,12,15H,2-3,8-9H2,1H3. The van der Waals surface area contributed by atoms with E-state index in [4.69, 9.17) is 0 Å². The number of hydrogen-bond acceptors (Lipinski definition) is 4. The van der Waals surface area contributed by atoms with E-state index in [1.807, 2.05) is 12.1 Å². The number of hydrogen-bond donors (Lipinski definition) is 1. The topological polar surface area (TPSA) is 49.8 Å². The molecule has 0 aliphatic carbocycles. The van der Waals surface area contributed by atoms with E-state index in [0.717, 1.165) is 25.1 Å². The van der Waals surface area contributed by atoms with Crippen molar-refractivity contribution in [2.45, 2.75) is 18.9 Å². The van der Waals surface area contributed by atoms with Gasteiger partial charge in [0.15, 0.2) is 0 Å². The molecular weight excluding hydrogens is 218 g/mol. The van der Waals surface area contributed by atoms with E-state index >= 15 is 0 Å². The van der Waals surface area contributed by atoms with Crippen molar-refractivity contribution in [3.05, 3.63) is 29.8 Å². The highest BCUT2D eigenvalue weighted by molar-refractivity contribution is 5.89. The maximum Gasteiger partial charge on any atom is 0.337 e. The molecule has 1 aliphatic rings.